The number of carbonyl (C=O) groups is 2. The van der Waals surface area contributed by atoms with Gasteiger partial charge in [-0.2, -0.15) is 5.10 Å². The van der Waals surface area contributed by atoms with E-state index in [0.717, 1.165) is 17.7 Å². The lowest BCUT2D eigenvalue weighted by molar-refractivity contribution is -0.121. The molecule has 0 aliphatic rings. The molecule has 25 heavy (non-hydrogen) atoms. The van der Waals surface area contributed by atoms with Gasteiger partial charge in [-0.05, 0) is 41.6 Å². The Morgan fingerprint density at radius 2 is 1.92 bits per heavy atom. The third-order valence-electron chi connectivity index (χ3n) is 3.82. The van der Waals surface area contributed by atoms with E-state index in [-0.39, 0.29) is 24.5 Å². The number of thiophene rings is 1. The Bertz CT molecular complexity index is 809. The molecule has 3 aromatic rings. The summed E-state index contributed by atoms with van der Waals surface area (Å²) in [6.07, 6.45) is 4.88. The second-order valence-corrected chi connectivity index (χ2v) is 6.57. The van der Waals surface area contributed by atoms with E-state index >= 15 is 0 Å². The molecule has 2 aromatic heterocycles. The summed E-state index contributed by atoms with van der Waals surface area (Å²) in [5.74, 6) is -0.0579. The summed E-state index contributed by atoms with van der Waals surface area (Å²) in [5.41, 5.74) is 2.15. The van der Waals surface area contributed by atoms with Gasteiger partial charge in [-0.25, -0.2) is 4.68 Å². The Labute approximate surface area is 150 Å². The van der Waals surface area contributed by atoms with Crippen molar-refractivity contribution >= 4 is 23.0 Å². The highest BCUT2D eigenvalue weighted by molar-refractivity contribution is 7.12. The molecular weight excluding hydrogens is 334 g/mol. The second-order valence-electron chi connectivity index (χ2n) is 5.62. The number of hydrogen-bond acceptors (Lipinski definition) is 4. The van der Waals surface area contributed by atoms with Gasteiger partial charge in [-0.3, -0.25) is 9.59 Å². The summed E-state index contributed by atoms with van der Waals surface area (Å²) >= 11 is 1.41. The number of aromatic nitrogens is 2. The van der Waals surface area contributed by atoms with E-state index in [0.29, 0.717) is 11.4 Å². The smallest absolute Gasteiger partial charge is 0.220 e. The lowest BCUT2D eigenvalue weighted by atomic mass is 10.1. The summed E-state index contributed by atoms with van der Waals surface area (Å²) in [7, 11) is 0. The Hall–Kier alpha value is -2.73. The van der Waals surface area contributed by atoms with Crippen molar-refractivity contribution in [3.05, 3.63) is 70.7 Å². The molecule has 0 bridgehead atoms. The number of nitrogens with zero attached hydrogens (tertiary/aromatic N) is 2. The zero-order valence-electron chi connectivity index (χ0n) is 13.7. The van der Waals surface area contributed by atoms with E-state index < -0.39 is 0 Å². The van der Waals surface area contributed by atoms with Crippen LogP contribution >= 0.6 is 11.3 Å². The summed E-state index contributed by atoms with van der Waals surface area (Å²) in [6.45, 7) is 0.563. The average Bonchev–Trinajstić information content (AvgIpc) is 3.34. The number of rotatable bonds is 8. The highest BCUT2D eigenvalue weighted by atomic mass is 32.1. The molecule has 0 fully saturated rings. The van der Waals surface area contributed by atoms with Crippen molar-refractivity contribution in [1.29, 1.82) is 0 Å². The van der Waals surface area contributed by atoms with Gasteiger partial charge in [0.15, 0.2) is 5.78 Å². The molecule has 0 spiro atoms. The molecule has 0 aliphatic heterocycles. The molecule has 0 unspecified atom stereocenters. The zero-order valence-corrected chi connectivity index (χ0v) is 14.5. The Morgan fingerprint density at radius 1 is 1.08 bits per heavy atom. The molecule has 1 N–H and O–H groups in total. The zero-order chi connectivity index (χ0) is 17.5. The molecule has 6 heteroatoms. The first kappa shape index (κ1) is 17.1. The maximum absolute atomic E-state index is 11.9. The van der Waals surface area contributed by atoms with E-state index in [1.165, 1.54) is 11.3 Å². The fraction of sp³-hybridized carbons (Fsp3) is 0.211. The number of carbonyl (C=O) groups excluding carboxylic acids is 2. The highest BCUT2D eigenvalue weighted by Gasteiger charge is 2.09. The van der Waals surface area contributed by atoms with Gasteiger partial charge in [0.1, 0.15) is 0 Å². The lowest BCUT2D eigenvalue weighted by Gasteiger charge is -2.06. The molecular formula is C19H19N3O2S. The summed E-state index contributed by atoms with van der Waals surface area (Å²) < 4.78 is 1.80. The largest absolute Gasteiger partial charge is 0.356 e. The fourth-order valence-corrected chi connectivity index (χ4v) is 3.15. The van der Waals surface area contributed by atoms with Crippen molar-refractivity contribution in [3.63, 3.8) is 0 Å². The van der Waals surface area contributed by atoms with Gasteiger partial charge in [0.05, 0.1) is 10.6 Å². The van der Waals surface area contributed by atoms with Crippen LogP contribution in [0, 0.1) is 0 Å². The molecule has 5 nitrogen and oxygen atoms in total. The topological polar surface area (TPSA) is 64.0 Å². The number of amides is 1. The predicted molar refractivity (Wildman–Crippen MR) is 98.2 cm³/mol. The lowest BCUT2D eigenvalue weighted by Crippen LogP contribution is -2.26. The summed E-state index contributed by atoms with van der Waals surface area (Å²) in [6, 6.07) is 13.6. The van der Waals surface area contributed by atoms with Crippen LogP contribution in [0.5, 0.6) is 0 Å². The first-order valence-electron chi connectivity index (χ1n) is 8.15. The normalized spacial score (nSPS) is 10.6. The van der Waals surface area contributed by atoms with E-state index in [9.17, 15) is 9.59 Å². The van der Waals surface area contributed by atoms with E-state index in [1.807, 2.05) is 48.0 Å². The number of ketones is 1. The minimum atomic E-state index is -0.0851. The first-order chi connectivity index (χ1) is 12.2. The average molecular weight is 353 g/mol. The number of nitrogens with one attached hydrogen (secondary N) is 1. The Morgan fingerprint density at radius 3 is 2.60 bits per heavy atom. The number of Topliss-reactive ketones (excluding diaryl/α,β-unsaturated/α-hetero) is 1. The Kier molecular flexibility index (Phi) is 5.74. The quantitative estimate of drug-likeness (QED) is 0.632. The van der Waals surface area contributed by atoms with Gasteiger partial charge in [-0.15, -0.1) is 11.3 Å². The van der Waals surface area contributed by atoms with Crippen molar-refractivity contribution in [2.24, 2.45) is 0 Å². The molecule has 1 aromatic carbocycles. The van der Waals surface area contributed by atoms with Crippen LogP contribution in [0.1, 0.15) is 28.1 Å². The molecule has 0 atom stereocenters. The van der Waals surface area contributed by atoms with E-state index in [4.69, 9.17) is 0 Å². The summed E-state index contributed by atoms with van der Waals surface area (Å²) in [4.78, 5) is 24.4. The standard InChI is InChI=1S/C19H19N3O2S/c23-17(18-3-1-14-25-18)8-9-19(24)20-12-10-15-4-6-16(7-5-15)22-13-2-11-21-22/h1-7,11,13-14H,8-10,12H2,(H,20,24). The monoisotopic (exact) mass is 353 g/mol. The molecule has 0 saturated heterocycles. The summed E-state index contributed by atoms with van der Waals surface area (Å²) in [5, 5.41) is 8.92. The minimum Gasteiger partial charge on any atom is -0.356 e. The number of hydrogen-bond donors (Lipinski definition) is 1. The molecule has 1 amide bonds. The maximum Gasteiger partial charge on any atom is 0.220 e. The number of benzene rings is 1. The maximum atomic E-state index is 11.9. The van der Waals surface area contributed by atoms with Crippen LogP contribution in [0.15, 0.2) is 60.2 Å². The Balaban J connectivity index is 1.39. The van der Waals surface area contributed by atoms with Crippen molar-refractivity contribution < 1.29 is 9.59 Å². The second kappa shape index (κ2) is 8.39. The molecule has 3 rings (SSSR count). The van der Waals surface area contributed by atoms with Crippen LogP contribution in [-0.4, -0.2) is 28.0 Å². The van der Waals surface area contributed by atoms with Gasteiger partial charge < -0.3 is 5.32 Å². The first-order valence-corrected chi connectivity index (χ1v) is 9.03. The van der Waals surface area contributed by atoms with Gasteiger partial charge >= 0.3 is 0 Å². The minimum absolute atomic E-state index is 0.0272. The van der Waals surface area contributed by atoms with E-state index in [1.54, 1.807) is 16.9 Å². The van der Waals surface area contributed by atoms with Gasteiger partial charge in [-0.1, -0.05) is 18.2 Å². The van der Waals surface area contributed by atoms with Crippen molar-refractivity contribution in [2.45, 2.75) is 19.3 Å². The van der Waals surface area contributed by atoms with Gasteiger partial charge in [0.2, 0.25) is 5.91 Å². The van der Waals surface area contributed by atoms with Gasteiger partial charge in [0.25, 0.3) is 0 Å². The molecule has 0 aliphatic carbocycles. The molecule has 128 valence electrons. The van der Waals surface area contributed by atoms with Crippen molar-refractivity contribution in [1.82, 2.24) is 15.1 Å². The van der Waals surface area contributed by atoms with Crippen LogP contribution in [0.25, 0.3) is 5.69 Å². The molecule has 2 heterocycles. The SMILES string of the molecule is O=C(CCC(=O)c1cccs1)NCCc1ccc(-n2cccn2)cc1. The van der Waals surface area contributed by atoms with Crippen LogP contribution in [0.3, 0.4) is 0 Å². The fourth-order valence-electron chi connectivity index (χ4n) is 2.46. The highest BCUT2D eigenvalue weighted by Crippen LogP contribution is 2.12. The van der Waals surface area contributed by atoms with E-state index in [2.05, 4.69) is 10.4 Å². The van der Waals surface area contributed by atoms with Gasteiger partial charge in [0, 0.05) is 31.8 Å². The third-order valence-corrected chi connectivity index (χ3v) is 4.73. The van der Waals surface area contributed by atoms with Crippen LogP contribution in [0.4, 0.5) is 0 Å². The third kappa shape index (κ3) is 4.87. The van der Waals surface area contributed by atoms with Crippen molar-refractivity contribution in [2.75, 3.05) is 6.54 Å². The van der Waals surface area contributed by atoms with Crippen LogP contribution < -0.4 is 5.32 Å². The van der Waals surface area contributed by atoms with Crippen LogP contribution in [0.2, 0.25) is 0 Å². The predicted octanol–water partition coefficient (Wildman–Crippen LogP) is 3.26. The molecule has 0 saturated carbocycles. The molecule has 0 radical (unpaired) electrons. The van der Waals surface area contributed by atoms with Crippen LogP contribution in [-0.2, 0) is 11.2 Å². The van der Waals surface area contributed by atoms with Crippen molar-refractivity contribution in [3.8, 4) is 5.69 Å².